The van der Waals surface area contributed by atoms with Crippen LogP contribution in [0.4, 0.5) is 0 Å². The predicted octanol–water partition coefficient (Wildman–Crippen LogP) is 3.77. The van der Waals surface area contributed by atoms with E-state index in [0.717, 1.165) is 29.7 Å². The van der Waals surface area contributed by atoms with Crippen molar-refractivity contribution in [1.82, 2.24) is 10.5 Å². The van der Waals surface area contributed by atoms with Crippen LogP contribution in [0, 0.1) is 13.8 Å². The minimum atomic E-state index is -0.254. The highest BCUT2D eigenvalue weighted by atomic mass is 16.6. The zero-order valence-corrected chi connectivity index (χ0v) is 15.0. The number of oxazole rings is 1. The number of hydroxylamine groups is 1. The van der Waals surface area contributed by atoms with Gasteiger partial charge in [-0.05, 0) is 44.5 Å². The minimum Gasteiger partial charge on any atom is -0.469 e. The molecule has 2 heterocycles. The molecule has 3 aromatic rings. The summed E-state index contributed by atoms with van der Waals surface area (Å²) < 4.78 is 10.9. The van der Waals surface area contributed by atoms with E-state index in [0.29, 0.717) is 24.0 Å². The number of hydrogen-bond donors (Lipinski definition) is 1. The van der Waals surface area contributed by atoms with Gasteiger partial charge in [0.25, 0.3) is 0 Å². The first-order chi connectivity index (χ1) is 12.6. The molecule has 2 aromatic heterocycles. The summed E-state index contributed by atoms with van der Waals surface area (Å²) in [6, 6.07) is 11.7. The van der Waals surface area contributed by atoms with E-state index in [1.165, 1.54) is 0 Å². The van der Waals surface area contributed by atoms with Crippen molar-refractivity contribution in [3.63, 3.8) is 0 Å². The minimum absolute atomic E-state index is 0.110. The van der Waals surface area contributed by atoms with Crippen molar-refractivity contribution >= 4 is 5.91 Å². The molecule has 0 aliphatic heterocycles. The summed E-state index contributed by atoms with van der Waals surface area (Å²) in [4.78, 5) is 21.7. The Labute approximate surface area is 152 Å². The summed E-state index contributed by atoms with van der Waals surface area (Å²) >= 11 is 0. The summed E-state index contributed by atoms with van der Waals surface area (Å²) in [6.45, 7) is 4.23. The quantitative estimate of drug-likeness (QED) is 0.492. The molecule has 6 nitrogen and oxygen atoms in total. The van der Waals surface area contributed by atoms with Crippen LogP contribution in [0.2, 0.25) is 0 Å². The number of nitrogens with zero attached hydrogens (tertiary/aromatic N) is 1. The molecule has 1 N–H and O–H groups in total. The van der Waals surface area contributed by atoms with Crippen LogP contribution in [0.25, 0.3) is 11.5 Å². The summed E-state index contributed by atoms with van der Waals surface area (Å²) in [5, 5.41) is 0. The van der Waals surface area contributed by atoms with Gasteiger partial charge in [0.05, 0.1) is 25.0 Å². The van der Waals surface area contributed by atoms with Crippen LogP contribution in [-0.4, -0.2) is 17.5 Å². The molecule has 0 spiro atoms. The van der Waals surface area contributed by atoms with Crippen molar-refractivity contribution in [3.05, 3.63) is 65.4 Å². The lowest BCUT2D eigenvalue weighted by atomic mass is 10.1. The number of aryl methyl sites for hydroxylation is 3. The molecule has 26 heavy (non-hydrogen) atoms. The van der Waals surface area contributed by atoms with E-state index in [4.69, 9.17) is 13.7 Å². The molecular weight excluding hydrogens is 332 g/mol. The van der Waals surface area contributed by atoms with Gasteiger partial charge < -0.3 is 8.83 Å². The predicted molar refractivity (Wildman–Crippen MR) is 96.2 cm³/mol. The van der Waals surface area contributed by atoms with Crippen molar-refractivity contribution in [3.8, 4) is 11.5 Å². The van der Waals surface area contributed by atoms with Crippen molar-refractivity contribution in [2.45, 2.75) is 33.1 Å². The first-order valence-electron chi connectivity index (χ1n) is 8.58. The first kappa shape index (κ1) is 17.9. The second-order valence-corrected chi connectivity index (χ2v) is 6.12. The lowest BCUT2D eigenvalue weighted by Gasteiger charge is -2.04. The number of benzene rings is 1. The van der Waals surface area contributed by atoms with Crippen molar-refractivity contribution in [1.29, 1.82) is 0 Å². The van der Waals surface area contributed by atoms with Crippen LogP contribution in [0.5, 0.6) is 0 Å². The molecule has 1 amide bonds. The molecule has 0 bridgehead atoms. The third kappa shape index (κ3) is 4.83. The summed E-state index contributed by atoms with van der Waals surface area (Å²) in [6.07, 6.45) is 3.28. The first-order valence-corrected chi connectivity index (χ1v) is 8.58. The van der Waals surface area contributed by atoms with Gasteiger partial charge in [0.2, 0.25) is 11.8 Å². The maximum absolute atomic E-state index is 12.0. The van der Waals surface area contributed by atoms with Crippen LogP contribution in [0.1, 0.15) is 29.2 Å². The second-order valence-electron chi connectivity index (χ2n) is 6.12. The zero-order chi connectivity index (χ0) is 18.4. The third-order valence-electron chi connectivity index (χ3n) is 3.92. The molecule has 0 fully saturated rings. The Morgan fingerprint density at radius 2 is 2.12 bits per heavy atom. The highest BCUT2D eigenvalue weighted by molar-refractivity contribution is 5.77. The zero-order valence-electron chi connectivity index (χ0n) is 15.0. The van der Waals surface area contributed by atoms with E-state index >= 15 is 0 Å². The lowest BCUT2D eigenvalue weighted by molar-refractivity contribution is -0.133. The van der Waals surface area contributed by atoms with Crippen molar-refractivity contribution in [2.75, 3.05) is 6.61 Å². The topological polar surface area (TPSA) is 77.5 Å². The number of amides is 1. The molecule has 3 rings (SSSR count). The molecule has 0 aliphatic rings. The van der Waals surface area contributed by atoms with E-state index in [1.807, 2.05) is 43.3 Å². The summed E-state index contributed by atoms with van der Waals surface area (Å²) in [7, 11) is 0. The van der Waals surface area contributed by atoms with Gasteiger partial charge in [-0.3, -0.25) is 9.63 Å². The fraction of sp³-hybridized carbons (Fsp3) is 0.300. The van der Waals surface area contributed by atoms with Gasteiger partial charge in [-0.2, -0.15) is 0 Å². The maximum atomic E-state index is 12.0. The molecule has 1 aromatic carbocycles. The smallest absolute Gasteiger partial charge is 0.249 e. The van der Waals surface area contributed by atoms with E-state index in [1.54, 1.807) is 13.2 Å². The average Bonchev–Trinajstić information content (AvgIpc) is 3.25. The molecule has 136 valence electrons. The van der Waals surface area contributed by atoms with Gasteiger partial charge in [0.1, 0.15) is 11.5 Å². The lowest BCUT2D eigenvalue weighted by Crippen LogP contribution is -2.26. The standard InChI is InChI=1S/C20H22N2O4/c1-14-6-3-7-16(12-14)20-21-18(15(2)26-20)13-19(23)22-25-11-5-9-17-8-4-10-24-17/h3-4,6-8,10,12H,5,9,11,13H2,1-2H3,(H,22,23). The summed E-state index contributed by atoms with van der Waals surface area (Å²) in [5.41, 5.74) is 5.08. The van der Waals surface area contributed by atoms with Crippen LogP contribution < -0.4 is 5.48 Å². The number of hydrogen-bond acceptors (Lipinski definition) is 5. The SMILES string of the molecule is Cc1cccc(-c2nc(CC(=O)NOCCCc3ccco3)c(C)o2)c1. The number of nitrogens with one attached hydrogen (secondary N) is 1. The Kier molecular flexibility index (Phi) is 5.86. The Morgan fingerprint density at radius 1 is 1.23 bits per heavy atom. The van der Waals surface area contributed by atoms with E-state index in [-0.39, 0.29) is 12.3 Å². The number of carbonyl (C=O) groups excluding carboxylic acids is 1. The molecule has 0 saturated heterocycles. The van der Waals surface area contributed by atoms with Gasteiger partial charge in [-0.25, -0.2) is 10.5 Å². The van der Waals surface area contributed by atoms with E-state index in [2.05, 4.69) is 10.5 Å². The van der Waals surface area contributed by atoms with Gasteiger partial charge in [0.15, 0.2) is 0 Å². The summed E-state index contributed by atoms with van der Waals surface area (Å²) in [5.74, 6) is 1.81. The molecular formula is C20H22N2O4. The van der Waals surface area contributed by atoms with Crippen LogP contribution in [0.3, 0.4) is 0 Å². The largest absolute Gasteiger partial charge is 0.469 e. The maximum Gasteiger partial charge on any atom is 0.249 e. The second kappa shape index (κ2) is 8.49. The van der Waals surface area contributed by atoms with E-state index < -0.39 is 0 Å². The highest BCUT2D eigenvalue weighted by Crippen LogP contribution is 2.22. The number of rotatable bonds is 8. The average molecular weight is 354 g/mol. The third-order valence-corrected chi connectivity index (χ3v) is 3.92. The van der Waals surface area contributed by atoms with Crippen molar-refractivity contribution < 1.29 is 18.5 Å². The molecule has 0 unspecified atom stereocenters. The van der Waals surface area contributed by atoms with Crippen LogP contribution in [0.15, 0.2) is 51.5 Å². The number of furan rings is 1. The molecule has 0 atom stereocenters. The molecule has 0 aliphatic carbocycles. The Balaban J connectivity index is 1.47. The fourth-order valence-corrected chi connectivity index (χ4v) is 2.59. The number of carbonyl (C=O) groups is 1. The number of aromatic nitrogens is 1. The molecule has 0 radical (unpaired) electrons. The normalized spacial score (nSPS) is 10.8. The van der Waals surface area contributed by atoms with Gasteiger partial charge in [0, 0.05) is 12.0 Å². The van der Waals surface area contributed by atoms with E-state index in [9.17, 15) is 4.79 Å². The van der Waals surface area contributed by atoms with Gasteiger partial charge >= 0.3 is 0 Å². The Morgan fingerprint density at radius 3 is 2.88 bits per heavy atom. The van der Waals surface area contributed by atoms with Gasteiger partial charge in [-0.15, -0.1) is 0 Å². The fourth-order valence-electron chi connectivity index (χ4n) is 2.59. The van der Waals surface area contributed by atoms with Crippen molar-refractivity contribution in [2.24, 2.45) is 0 Å². The Bertz CT molecular complexity index is 853. The Hall–Kier alpha value is -2.86. The monoisotopic (exact) mass is 354 g/mol. The van der Waals surface area contributed by atoms with Crippen LogP contribution in [-0.2, 0) is 22.5 Å². The molecule has 0 saturated carbocycles. The molecule has 6 heteroatoms. The van der Waals surface area contributed by atoms with Gasteiger partial charge in [-0.1, -0.05) is 17.7 Å². The van der Waals surface area contributed by atoms with Crippen LogP contribution >= 0.6 is 0 Å². The highest BCUT2D eigenvalue weighted by Gasteiger charge is 2.15.